The Morgan fingerprint density at radius 3 is 2.30 bits per heavy atom. The molecular formula is C28H28Cl2N2O7S. The molecule has 0 aliphatic carbocycles. The Bertz CT molecular complexity index is 1560. The van der Waals surface area contributed by atoms with Gasteiger partial charge in [-0.25, -0.2) is 22.3 Å². The number of carbonyl (C=O) groups excluding carboxylic acids is 3. The van der Waals surface area contributed by atoms with Gasteiger partial charge in [-0.2, -0.15) is 0 Å². The van der Waals surface area contributed by atoms with Gasteiger partial charge in [-0.1, -0.05) is 47.5 Å². The molecule has 4 rings (SSSR count). The van der Waals surface area contributed by atoms with Crippen molar-refractivity contribution in [2.75, 3.05) is 13.2 Å². The number of hydrogen-bond donors (Lipinski definition) is 1. The molecule has 0 aromatic heterocycles. The van der Waals surface area contributed by atoms with Crippen molar-refractivity contribution >= 4 is 51.1 Å². The first-order chi connectivity index (χ1) is 18.9. The van der Waals surface area contributed by atoms with Crippen LogP contribution in [-0.4, -0.2) is 49.8 Å². The molecule has 2 aliphatic heterocycles. The molecule has 0 fully saturated rings. The number of carbonyl (C=O) groups is 3. The molecule has 0 saturated carbocycles. The number of ether oxygens (including phenoxy) is 2. The number of allylic oxidation sites excluding steroid dienone is 2. The van der Waals surface area contributed by atoms with Gasteiger partial charge in [-0.05, 0) is 51.5 Å². The molecule has 1 N–H and O–H groups in total. The van der Waals surface area contributed by atoms with E-state index >= 15 is 0 Å². The molecular weight excluding hydrogens is 579 g/mol. The number of sulfonamides is 1. The summed E-state index contributed by atoms with van der Waals surface area (Å²) in [5.74, 6) is -2.94. The van der Waals surface area contributed by atoms with Gasteiger partial charge in [-0.15, -0.1) is 0 Å². The number of rotatable bonds is 8. The smallest absolute Gasteiger partial charge is 0.337 e. The Kier molecular flexibility index (Phi) is 8.63. The summed E-state index contributed by atoms with van der Waals surface area (Å²) in [5, 5.41) is 3.48. The summed E-state index contributed by atoms with van der Waals surface area (Å²) in [7, 11) is -3.97. The van der Waals surface area contributed by atoms with Crippen LogP contribution in [0, 0.1) is 0 Å². The van der Waals surface area contributed by atoms with E-state index in [-0.39, 0.29) is 51.2 Å². The first-order valence-electron chi connectivity index (χ1n) is 12.5. The van der Waals surface area contributed by atoms with Crippen LogP contribution < -0.4 is 5.32 Å². The van der Waals surface area contributed by atoms with Crippen LogP contribution in [0.15, 0.2) is 69.9 Å². The molecule has 1 unspecified atom stereocenters. The maximum Gasteiger partial charge on any atom is 0.337 e. The molecule has 1 amide bonds. The van der Waals surface area contributed by atoms with Crippen molar-refractivity contribution in [3.8, 4) is 0 Å². The van der Waals surface area contributed by atoms with Crippen molar-refractivity contribution < 1.29 is 32.3 Å². The number of nitrogens with zero attached hydrogens (tertiary/aromatic N) is 1. The summed E-state index contributed by atoms with van der Waals surface area (Å²) in [4.78, 5) is 39.3. The predicted molar refractivity (Wildman–Crippen MR) is 149 cm³/mol. The summed E-state index contributed by atoms with van der Waals surface area (Å²) in [6, 6.07) is 10.9. The van der Waals surface area contributed by atoms with E-state index in [1.807, 2.05) is 0 Å². The molecule has 2 heterocycles. The van der Waals surface area contributed by atoms with E-state index in [4.69, 9.17) is 32.7 Å². The highest BCUT2D eigenvalue weighted by molar-refractivity contribution is 7.90. The standard InChI is InChI=1S/C28H28Cl2N2O7S/c1-15(2)39-28(35)23-17(4)31-16(3)22(24(23)19-10-7-11-20(29)25(19)30)27(34)38-14-8-13-32-26(33)18-9-5-6-12-21(18)40(32,36)37/h5-7,9-12,15,24,31H,8,13-14H2,1-4H3. The van der Waals surface area contributed by atoms with Crippen molar-refractivity contribution in [2.45, 2.75) is 51.0 Å². The highest BCUT2D eigenvalue weighted by atomic mass is 35.5. The van der Waals surface area contributed by atoms with E-state index in [1.165, 1.54) is 12.1 Å². The van der Waals surface area contributed by atoms with Crippen LogP contribution in [0.3, 0.4) is 0 Å². The molecule has 1 atom stereocenters. The lowest BCUT2D eigenvalue weighted by Gasteiger charge is -2.31. The number of benzene rings is 2. The van der Waals surface area contributed by atoms with E-state index in [2.05, 4.69) is 5.32 Å². The first kappa shape index (κ1) is 29.6. The van der Waals surface area contributed by atoms with Crippen molar-refractivity contribution in [1.29, 1.82) is 0 Å². The number of fused-ring (bicyclic) bond motifs is 1. The van der Waals surface area contributed by atoms with Gasteiger partial charge >= 0.3 is 11.9 Å². The minimum Gasteiger partial charge on any atom is -0.462 e. The zero-order valence-corrected chi connectivity index (χ0v) is 24.6. The maximum atomic E-state index is 13.5. The van der Waals surface area contributed by atoms with E-state index in [9.17, 15) is 22.8 Å². The number of hydrogen-bond acceptors (Lipinski definition) is 8. The minimum atomic E-state index is -3.97. The van der Waals surface area contributed by atoms with Gasteiger partial charge < -0.3 is 14.8 Å². The molecule has 0 saturated heterocycles. The van der Waals surface area contributed by atoms with Gasteiger partial charge in [0.15, 0.2) is 0 Å². The molecule has 9 nitrogen and oxygen atoms in total. The van der Waals surface area contributed by atoms with Crippen molar-refractivity contribution in [3.05, 3.63) is 86.2 Å². The lowest BCUT2D eigenvalue weighted by molar-refractivity contribution is -0.143. The molecule has 12 heteroatoms. The fraction of sp³-hybridized carbons (Fsp3) is 0.321. The molecule has 2 aromatic rings. The molecule has 40 heavy (non-hydrogen) atoms. The van der Waals surface area contributed by atoms with Crippen LogP contribution in [0.25, 0.3) is 0 Å². The third-order valence-electron chi connectivity index (χ3n) is 6.49. The zero-order chi connectivity index (χ0) is 29.4. The number of dihydropyridines is 1. The Hall–Kier alpha value is -3.34. The van der Waals surface area contributed by atoms with E-state index in [0.717, 1.165) is 4.31 Å². The van der Waals surface area contributed by atoms with Crippen molar-refractivity contribution in [1.82, 2.24) is 9.62 Å². The quantitative estimate of drug-likeness (QED) is 0.331. The van der Waals surface area contributed by atoms with E-state index in [0.29, 0.717) is 17.0 Å². The van der Waals surface area contributed by atoms with Gasteiger partial charge in [0, 0.05) is 24.4 Å². The Morgan fingerprint density at radius 1 is 1.00 bits per heavy atom. The first-order valence-corrected chi connectivity index (χ1v) is 14.7. The fourth-order valence-electron chi connectivity index (χ4n) is 4.77. The van der Waals surface area contributed by atoms with Crippen LogP contribution in [0.4, 0.5) is 0 Å². The Balaban J connectivity index is 1.56. The minimum absolute atomic E-state index is 0.0460. The lowest BCUT2D eigenvalue weighted by atomic mass is 9.80. The second-order valence-electron chi connectivity index (χ2n) is 9.60. The largest absolute Gasteiger partial charge is 0.462 e. The number of esters is 2. The maximum absolute atomic E-state index is 13.5. The number of amides is 1. The molecule has 212 valence electrons. The van der Waals surface area contributed by atoms with Crippen LogP contribution in [0.1, 0.15) is 56.0 Å². The summed E-state index contributed by atoms with van der Waals surface area (Å²) >= 11 is 12.8. The van der Waals surface area contributed by atoms with Crippen LogP contribution in [0.5, 0.6) is 0 Å². The average Bonchev–Trinajstić information content (AvgIpc) is 3.07. The summed E-state index contributed by atoms with van der Waals surface area (Å²) in [6.07, 6.45) is -0.356. The van der Waals surface area contributed by atoms with Crippen LogP contribution >= 0.6 is 23.2 Å². The predicted octanol–water partition coefficient (Wildman–Crippen LogP) is 4.96. The molecule has 2 aromatic carbocycles. The van der Waals surface area contributed by atoms with Gasteiger partial charge in [-0.3, -0.25) is 4.79 Å². The third kappa shape index (κ3) is 5.48. The summed E-state index contributed by atoms with van der Waals surface area (Å²) < 4.78 is 37.4. The lowest BCUT2D eigenvalue weighted by Crippen LogP contribution is -2.34. The fourth-order valence-corrected chi connectivity index (χ4v) is 6.79. The highest BCUT2D eigenvalue weighted by Crippen LogP contribution is 2.43. The molecule has 0 radical (unpaired) electrons. The topological polar surface area (TPSA) is 119 Å². The second kappa shape index (κ2) is 11.6. The highest BCUT2D eigenvalue weighted by Gasteiger charge is 2.41. The third-order valence-corrected chi connectivity index (χ3v) is 9.16. The summed E-state index contributed by atoms with van der Waals surface area (Å²) in [5.41, 5.74) is 1.77. The summed E-state index contributed by atoms with van der Waals surface area (Å²) in [6.45, 7) is 6.43. The monoisotopic (exact) mass is 606 g/mol. The molecule has 0 bridgehead atoms. The zero-order valence-electron chi connectivity index (χ0n) is 22.3. The second-order valence-corrected chi connectivity index (χ2v) is 12.2. The van der Waals surface area contributed by atoms with Crippen molar-refractivity contribution in [3.63, 3.8) is 0 Å². The van der Waals surface area contributed by atoms with E-state index < -0.39 is 39.9 Å². The van der Waals surface area contributed by atoms with Gasteiger partial charge in [0.2, 0.25) is 0 Å². The number of halogens is 2. The van der Waals surface area contributed by atoms with Crippen molar-refractivity contribution in [2.24, 2.45) is 0 Å². The van der Waals surface area contributed by atoms with Gasteiger partial charge in [0.1, 0.15) is 4.90 Å². The van der Waals surface area contributed by atoms with Gasteiger partial charge in [0.05, 0.1) is 45.4 Å². The normalized spacial score (nSPS) is 18.1. The van der Waals surface area contributed by atoms with Crippen LogP contribution in [-0.2, 0) is 29.1 Å². The molecule has 2 aliphatic rings. The average molecular weight is 608 g/mol. The molecule has 0 spiro atoms. The van der Waals surface area contributed by atoms with Gasteiger partial charge in [0.25, 0.3) is 15.9 Å². The number of nitrogens with one attached hydrogen (secondary N) is 1. The Morgan fingerprint density at radius 2 is 1.65 bits per heavy atom. The Labute approximate surface area is 242 Å². The van der Waals surface area contributed by atoms with E-state index in [1.54, 1.807) is 58.0 Å². The van der Waals surface area contributed by atoms with Crippen LogP contribution in [0.2, 0.25) is 10.0 Å². The SMILES string of the molecule is CC1=C(C(=O)OCCCN2C(=O)c3ccccc3S2(=O)=O)C(c2cccc(Cl)c2Cl)C(C(=O)OC(C)C)=C(C)N1.